The molecule has 172 valence electrons. The summed E-state index contributed by atoms with van der Waals surface area (Å²) < 4.78 is 39.0. The molecule has 0 radical (unpaired) electrons. The quantitative estimate of drug-likeness (QED) is 0.586. The first-order chi connectivity index (χ1) is 15.8. The van der Waals surface area contributed by atoms with Crippen LogP contribution in [0.1, 0.15) is 44.8 Å². The Bertz CT molecular complexity index is 1340. The van der Waals surface area contributed by atoms with E-state index in [1.54, 1.807) is 31.2 Å². The van der Waals surface area contributed by atoms with E-state index in [2.05, 4.69) is 15.5 Å². The molecule has 5 rings (SSSR count). The molecule has 33 heavy (non-hydrogen) atoms. The first-order valence-electron chi connectivity index (χ1n) is 10.5. The Labute approximate surface area is 195 Å². The fourth-order valence-corrected chi connectivity index (χ4v) is 6.93. The van der Waals surface area contributed by atoms with E-state index in [9.17, 15) is 13.2 Å². The lowest BCUT2D eigenvalue weighted by molar-refractivity contribution is 0.102. The monoisotopic (exact) mass is 486 g/mol. The first-order valence-corrected chi connectivity index (χ1v) is 12.7. The second-order valence-corrected chi connectivity index (χ2v) is 10.9. The highest BCUT2D eigenvalue weighted by Crippen LogP contribution is 2.39. The maximum atomic E-state index is 13.4. The van der Waals surface area contributed by atoms with E-state index in [0.29, 0.717) is 52.0 Å². The summed E-state index contributed by atoms with van der Waals surface area (Å²) in [5, 5.41) is 11.7. The van der Waals surface area contributed by atoms with Gasteiger partial charge in [-0.1, -0.05) is 23.5 Å². The zero-order valence-corrected chi connectivity index (χ0v) is 19.7. The molecule has 0 saturated carbocycles. The van der Waals surface area contributed by atoms with E-state index in [1.165, 1.54) is 4.31 Å². The van der Waals surface area contributed by atoms with E-state index in [4.69, 9.17) is 9.47 Å². The van der Waals surface area contributed by atoms with Crippen LogP contribution in [0.25, 0.3) is 0 Å². The standard InChI is InChI=1S/C22H22N4O5S2/c1-13-5-6-14(2)19(10-13)33(28,29)26-9-3-4-16(26)21-24-25-22(32-21)20(27)23-15-7-8-17-18(11-15)31-12-30-17/h5-8,10-11,16H,3-4,9,12H2,1-2H3,(H,23,27)/t16-/m0/s1. The third-order valence-corrected chi connectivity index (χ3v) is 8.76. The van der Waals surface area contributed by atoms with Crippen LogP contribution in [-0.2, 0) is 10.0 Å². The number of hydrogen-bond donors (Lipinski definition) is 1. The number of anilines is 1. The number of aromatic nitrogens is 2. The number of amides is 1. The van der Waals surface area contributed by atoms with Crippen molar-refractivity contribution in [1.29, 1.82) is 0 Å². The van der Waals surface area contributed by atoms with Gasteiger partial charge >= 0.3 is 0 Å². The highest BCUT2D eigenvalue weighted by Gasteiger charge is 2.39. The topological polar surface area (TPSA) is 111 Å². The Morgan fingerprint density at radius 3 is 2.79 bits per heavy atom. The fourth-order valence-electron chi connectivity index (χ4n) is 4.01. The molecule has 1 atom stereocenters. The Balaban J connectivity index is 1.36. The number of sulfonamides is 1. The van der Waals surface area contributed by atoms with Crippen molar-refractivity contribution in [2.24, 2.45) is 0 Å². The molecule has 2 aliphatic rings. The molecule has 11 heteroatoms. The first kappa shape index (κ1) is 21.8. The fraction of sp³-hybridized carbons (Fsp3) is 0.318. The SMILES string of the molecule is Cc1ccc(C)c(S(=O)(=O)N2CCC[C@H]2c2nnc(C(=O)Nc3ccc4c(c3)OCO4)s2)c1. The summed E-state index contributed by atoms with van der Waals surface area (Å²) in [4.78, 5) is 13.0. The maximum absolute atomic E-state index is 13.4. The van der Waals surface area contributed by atoms with Gasteiger partial charge < -0.3 is 14.8 Å². The van der Waals surface area contributed by atoms with Crippen molar-refractivity contribution in [3.05, 3.63) is 57.5 Å². The van der Waals surface area contributed by atoms with Crippen molar-refractivity contribution >= 4 is 33.0 Å². The van der Waals surface area contributed by atoms with Crippen LogP contribution in [0.5, 0.6) is 11.5 Å². The highest BCUT2D eigenvalue weighted by molar-refractivity contribution is 7.89. The van der Waals surface area contributed by atoms with Gasteiger partial charge in [-0.05, 0) is 56.0 Å². The van der Waals surface area contributed by atoms with Crippen LogP contribution in [0.2, 0.25) is 0 Å². The van der Waals surface area contributed by atoms with Crippen molar-refractivity contribution in [3.63, 3.8) is 0 Å². The summed E-state index contributed by atoms with van der Waals surface area (Å²) in [5.74, 6) is 0.765. The van der Waals surface area contributed by atoms with Crippen LogP contribution in [0.4, 0.5) is 5.69 Å². The minimum atomic E-state index is -3.71. The van der Waals surface area contributed by atoms with Crippen molar-refractivity contribution in [2.45, 2.75) is 37.6 Å². The number of nitrogens with one attached hydrogen (secondary N) is 1. The average Bonchev–Trinajstić information content (AvgIpc) is 3.54. The zero-order chi connectivity index (χ0) is 23.2. The smallest absolute Gasteiger partial charge is 0.286 e. The Morgan fingerprint density at radius 2 is 1.94 bits per heavy atom. The number of aryl methyl sites for hydroxylation is 2. The summed E-state index contributed by atoms with van der Waals surface area (Å²) in [5.41, 5.74) is 2.13. The van der Waals surface area contributed by atoms with Crippen molar-refractivity contribution in [1.82, 2.24) is 14.5 Å². The number of hydrogen-bond acceptors (Lipinski definition) is 8. The van der Waals surface area contributed by atoms with Crippen molar-refractivity contribution < 1.29 is 22.7 Å². The minimum absolute atomic E-state index is 0.148. The highest BCUT2D eigenvalue weighted by atomic mass is 32.2. The van der Waals surface area contributed by atoms with Gasteiger partial charge in [-0.15, -0.1) is 10.2 Å². The van der Waals surface area contributed by atoms with Crippen LogP contribution in [-0.4, -0.2) is 42.2 Å². The van der Waals surface area contributed by atoms with Gasteiger partial charge in [0.2, 0.25) is 21.8 Å². The molecule has 1 fully saturated rings. The maximum Gasteiger partial charge on any atom is 0.286 e. The molecule has 3 heterocycles. The summed E-state index contributed by atoms with van der Waals surface area (Å²) in [7, 11) is -3.71. The molecule has 2 aliphatic heterocycles. The van der Waals surface area contributed by atoms with Gasteiger partial charge in [-0.2, -0.15) is 4.31 Å². The lowest BCUT2D eigenvalue weighted by Crippen LogP contribution is -2.31. The number of carbonyl (C=O) groups excluding carboxylic acids is 1. The third kappa shape index (κ3) is 4.07. The van der Waals surface area contributed by atoms with Crippen LogP contribution in [0.15, 0.2) is 41.3 Å². The van der Waals surface area contributed by atoms with Gasteiger partial charge in [-0.25, -0.2) is 8.42 Å². The summed E-state index contributed by atoms with van der Waals surface area (Å²) in [6.45, 7) is 4.21. The van der Waals surface area contributed by atoms with E-state index in [0.717, 1.165) is 16.9 Å². The number of carbonyl (C=O) groups is 1. The minimum Gasteiger partial charge on any atom is -0.454 e. The molecule has 0 spiro atoms. The molecule has 2 aromatic carbocycles. The Hall–Kier alpha value is -3.02. The molecule has 9 nitrogen and oxygen atoms in total. The zero-order valence-electron chi connectivity index (χ0n) is 18.1. The van der Waals surface area contributed by atoms with Crippen LogP contribution >= 0.6 is 11.3 Å². The lowest BCUT2D eigenvalue weighted by Gasteiger charge is -2.23. The summed E-state index contributed by atoms with van der Waals surface area (Å²) in [6, 6.07) is 10.1. The molecule has 1 saturated heterocycles. The number of rotatable bonds is 5. The molecule has 1 amide bonds. The number of nitrogens with zero attached hydrogens (tertiary/aromatic N) is 3. The number of ether oxygens (including phenoxy) is 2. The molecule has 1 aromatic heterocycles. The van der Waals surface area contributed by atoms with Crippen LogP contribution < -0.4 is 14.8 Å². The molecule has 1 N–H and O–H groups in total. The normalized spacial score (nSPS) is 17.9. The predicted molar refractivity (Wildman–Crippen MR) is 122 cm³/mol. The predicted octanol–water partition coefficient (Wildman–Crippen LogP) is 3.66. The Kier molecular flexibility index (Phi) is 5.55. The van der Waals surface area contributed by atoms with Gasteiger partial charge in [-0.3, -0.25) is 4.79 Å². The molecule has 0 bridgehead atoms. The van der Waals surface area contributed by atoms with Gasteiger partial charge in [0.25, 0.3) is 5.91 Å². The van der Waals surface area contributed by atoms with Crippen LogP contribution in [0, 0.1) is 13.8 Å². The number of fused-ring (bicyclic) bond motifs is 1. The summed E-state index contributed by atoms with van der Waals surface area (Å²) in [6.07, 6.45) is 1.34. The van der Waals surface area contributed by atoms with E-state index < -0.39 is 22.0 Å². The third-order valence-electron chi connectivity index (χ3n) is 5.68. The molecule has 0 unspecified atom stereocenters. The Morgan fingerprint density at radius 1 is 1.12 bits per heavy atom. The molecule has 3 aromatic rings. The van der Waals surface area contributed by atoms with Crippen molar-refractivity contribution in [3.8, 4) is 11.5 Å². The van der Waals surface area contributed by atoms with Gasteiger partial charge in [0.15, 0.2) is 11.5 Å². The van der Waals surface area contributed by atoms with Gasteiger partial charge in [0, 0.05) is 18.3 Å². The summed E-state index contributed by atoms with van der Waals surface area (Å²) >= 11 is 1.11. The molecular formula is C22H22N4O5S2. The van der Waals surface area contributed by atoms with Crippen molar-refractivity contribution in [2.75, 3.05) is 18.7 Å². The van der Waals surface area contributed by atoms with E-state index in [1.807, 2.05) is 19.1 Å². The van der Waals surface area contributed by atoms with E-state index in [-0.39, 0.29) is 11.8 Å². The van der Waals surface area contributed by atoms with E-state index >= 15 is 0 Å². The largest absolute Gasteiger partial charge is 0.454 e. The second-order valence-electron chi connectivity index (χ2n) is 8.01. The van der Waals surface area contributed by atoms with Crippen LogP contribution in [0.3, 0.4) is 0 Å². The number of benzene rings is 2. The molecular weight excluding hydrogens is 464 g/mol. The van der Waals surface area contributed by atoms with Gasteiger partial charge in [0.1, 0.15) is 5.01 Å². The molecule has 0 aliphatic carbocycles. The average molecular weight is 487 g/mol. The second kappa shape index (κ2) is 8.40. The lowest BCUT2D eigenvalue weighted by atomic mass is 10.2. The van der Waals surface area contributed by atoms with Gasteiger partial charge in [0.05, 0.1) is 10.9 Å².